The Labute approximate surface area is 177 Å². The zero-order chi connectivity index (χ0) is 20.1. The van der Waals surface area contributed by atoms with Crippen LogP contribution in [0.2, 0.25) is 0 Å². The lowest BCUT2D eigenvalue weighted by molar-refractivity contribution is 0.0332. The van der Waals surface area contributed by atoms with Crippen LogP contribution in [0.15, 0.2) is 0 Å². The van der Waals surface area contributed by atoms with E-state index in [0.717, 1.165) is 23.7 Å². The van der Waals surface area contributed by atoms with Gasteiger partial charge in [-0.3, -0.25) is 5.32 Å². The number of unbranched alkanes of at least 4 members (excludes halogenated alkanes) is 3. The second kappa shape index (κ2) is 10.2. The highest BCUT2D eigenvalue weighted by Gasteiger charge is 2.45. The highest BCUT2D eigenvalue weighted by atomic mass is 15.5. The van der Waals surface area contributed by atoms with Gasteiger partial charge in [-0.1, -0.05) is 76.2 Å². The number of tetrazole rings is 1. The molecule has 6 nitrogen and oxygen atoms in total. The molecule has 3 aliphatic rings. The minimum absolute atomic E-state index is 0.335. The predicted octanol–water partition coefficient (Wildman–Crippen LogP) is 4.91. The van der Waals surface area contributed by atoms with Crippen molar-refractivity contribution < 1.29 is 0 Å². The molecule has 29 heavy (non-hydrogen) atoms. The Bertz CT molecular complexity index is 584. The second-order valence-electron chi connectivity index (χ2n) is 10.1. The van der Waals surface area contributed by atoms with Gasteiger partial charge in [0.2, 0.25) is 0 Å². The summed E-state index contributed by atoms with van der Waals surface area (Å²) in [5.41, 5.74) is 0. The lowest BCUT2D eigenvalue weighted by Crippen LogP contribution is -2.60. The number of nitrogens with one attached hydrogen (secondary N) is 2. The first-order valence-electron chi connectivity index (χ1n) is 12.5. The number of aromatic amines is 1. The van der Waals surface area contributed by atoms with Crippen molar-refractivity contribution in [1.29, 1.82) is 0 Å². The fourth-order valence-corrected chi connectivity index (χ4v) is 6.67. The summed E-state index contributed by atoms with van der Waals surface area (Å²) in [6.07, 6.45) is 20.1. The van der Waals surface area contributed by atoms with Gasteiger partial charge in [-0.15, -0.1) is 5.10 Å². The molecule has 4 rings (SSSR count). The molecule has 1 aliphatic heterocycles. The number of anilines is 1. The maximum absolute atomic E-state index is 4.23. The van der Waals surface area contributed by atoms with Crippen LogP contribution in [0, 0.1) is 23.7 Å². The smallest absolute Gasteiger partial charge is 0.266 e. The third-order valence-corrected chi connectivity index (χ3v) is 8.30. The van der Waals surface area contributed by atoms with Crippen LogP contribution < -0.4 is 10.2 Å². The van der Waals surface area contributed by atoms with Crippen LogP contribution in [-0.2, 0) is 0 Å². The van der Waals surface area contributed by atoms with Gasteiger partial charge in [0.05, 0.1) is 6.17 Å². The number of fused-ring (bicyclic) bond motifs is 1. The molecule has 5 unspecified atom stereocenters. The third-order valence-electron chi connectivity index (χ3n) is 8.30. The highest BCUT2D eigenvalue weighted by Crippen LogP contribution is 2.47. The molecule has 0 radical (unpaired) electrons. The van der Waals surface area contributed by atoms with E-state index < -0.39 is 0 Å². The Hall–Kier alpha value is -1.17. The van der Waals surface area contributed by atoms with Crippen molar-refractivity contribution in [2.45, 2.75) is 109 Å². The first kappa shape index (κ1) is 21.1. The Morgan fingerprint density at radius 2 is 1.83 bits per heavy atom. The number of piperidine rings is 1. The van der Waals surface area contributed by atoms with Gasteiger partial charge in [0.15, 0.2) is 0 Å². The molecular formula is C23H42N6. The summed E-state index contributed by atoms with van der Waals surface area (Å²) < 4.78 is 0. The van der Waals surface area contributed by atoms with Crippen LogP contribution in [-0.4, -0.2) is 39.9 Å². The number of hydrogen-bond acceptors (Lipinski definition) is 5. The summed E-state index contributed by atoms with van der Waals surface area (Å²) in [6.45, 7) is 2.32. The zero-order valence-corrected chi connectivity index (χ0v) is 18.7. The van der Waals surface area contributed by atoms with Crippen LogP contribution in [0.4, 0.5) is 5.95 Å². The quantitative estimate of drug-likeness (QED) is 0.605. The first-order chi connectivity index (χ1) is 14.3. The molecular weight excluding hydrogens is 360 g/mol. The first-order valence-corrected chi connectivity index (χ1v) is 12.5. The molecule has 6 heteroatoms. The lowest BCUT2D eigenvalue weighted by atomic mass is 9.62. The second-order valence-corrected chi connectivity index (χ2v) is 10.1. The van der Waals surface area contributed by atoms with E-state index in [1.54, 1.807) is 0 Å². The van der Waals surface area contributed by atoms with E-state index in [-0.39, 0.29) is 0 Å². The fourth-order valence-electron chi connectivity index (χ4n) is 6.67. The summed E-state index contributed by atoms with van der Waals surface area (Å²) >= 11 is 0. The van der Waals surface area contributed by atoms with Crippen molar-refractivity contribution in [3.05, 3.63) is 0 Å². The molecule has 1 aromatic heterocycles. The maximum atomic E-state index is 4.23. The summed E-state index contributed by atoms with van der Waals surface area (Å²) in [4.78, 5) is 2.21. The van der Waals surface area contributed by atoms with Crippen molar-refractivity contribution in [2.75, 3.05) is 11.9 Å². The maximum Gasteiger partial charge on any atom is 0.266 e. The minimum atomic E-state index is 0.335. The number of hydrogen-bond donors (Lipinski definition) is 2. The molecule has 2 aliphatic carbocycles. The lowest BCUT2D eigenvalue weighted by Gasteiger charge is -2.52. The third kappa shape index (κ3) is 5.12. The zero-order valence-electron chi connectivity index (χ0n) is 18.7. The van der Waals surface area contributed by atoms with Crippen LogP contribution in [0.3, 0.4) is 0 Å². The molecule has 0 bridgehead atoms. The summed E-state index contributed by atoms with van der Waals surface area (Å²) in [6, 6.07) is 0.668. The van der Waals surface area contributed by atoms with Crippen molar-refractivity contribution in [1.82, 2.24) is 25.9 Å². The average molecular weight is 403 g/mol. The van der Waals surface area contributed by atoms with Crippen molar-refractivity contribution in [3.8, 4) is 0 Å². The minimum Gasteiger partial charge on any atom is -0.326 e. The topological polar surface area (TPSA) is 69.7 Å². The molecule has 3 fully saturated rings. The summed E-state index contributed by atoms with van der Waals surface area (Å²) in [7, 11) is 2.13. The molecule has 5 atom stereocenters. The highest BCUT2D eigenvalue weighted by molar-refractivity contribution is 5.26. The molecule has 2 saturated carbocycles. The Kier molecular flexibility index (Phi) is 7.44. The molecule has 0 amide bonds. The van der Waals surface area contributed by atoms with Crippen LogP contribution in [0.5, 0.6) is 0 Å². The molecule has 1 saturated heterocycles. The van der Waals surface area contributed by atoms with E-state index >= 15 is 0 Å². The van der Waals surface area contributed by atoms with E-state index in [0.29, 0.717) is 18.2 Å². The fraction of sp³-hybridized carbons (Fsp3) is 0.957. The number of H-pyrrole nitrogens is 1. The Morgan fingerprint density at radius 3 is 2.59 bits per heavy atom. The van der Waals surface area contributed by atoms with Gasteiger partial charge in [-0.25, -0.2) is 0 Å². The standard InChI is InChI=1S/C23H42N6/c1-3-4-5-7-10-17-13-14-21-20(15-17)19(18-11-8-6-9-12-18)16-22(24-21)29(2)23-25-27-28-26-23/h17-22,24H,3-16H2,1-2H3,(H,25,26,27,28). The number of nitrogens with zero attached hydrogens (tertiary/aromatic N) is 4. The Morgan fingerprint density at radius 1 is 0.966 bits per heavy atom. The number of aromatic nitrogens is 4. The molecule has 1 aromatic rings. The monoisotopic (exact) mass is 402 g/mol. The largest absolute Gasteiger partial charge is 0.326 e. The van der Waals surface area contributed by atoms with Crippen LogP contribution >= 0.6 is 0 Å². The van der Waals surface area contributed by atoms with Crippen molar-refractivity contribution in [2.24, 2.45) is 23.7 Å². The van der Waals surface area contributed by atoms with Crippen LogP contribution in [0.25, 0.3) is 0 Å². The van der Waals surface area contributed by atoms with Gasteiger partial charge >= 0.3 is 0 Å². The van der Waals surface area contributed by atoms with Gasteiger partial charge in [0, 0.05) is 13.1 Å². The van der Waals surface area contributed by atoms with Gasteiger partial charge in [-0.2, -0.15) is 5.21 Å². The van der Waals surface area contributed by atoms with Gasteiger partial charge < -0.3 is 4.90 Å². The van der Waals surface area contributed by atoms with Gasteiger partial charge in [0.1, 0.15) is 0 Å². The van der Waals surface area contributed by atoms with Crippen molar-refractivity contribution >= 4 is 5.95 Å². The Balaban J connectivity index is 1.43. The van der Waals surface area contributed by atoms with Crippen molar-refractivity contribution in [3.63, 3.8) is 0 Å². The molecule has 164 valence electrons. The van der Waals surface area contributed by atoms with Crippen LogP contribution in [0.1, 0.15) is 96.8 Å². The predicted molar refractivity (Wildman–Crippen MR) is 118 cm³/mol. The average Bonchev–Trinajstić information content (AvgIpc) is 3.31. The molecule has 0 spiro atoms. The number of rotatable bonds is 8. The van der Waals surface area contributed by atoms with Gasteiger partial charge in [0.25, 0.3) is 5.95 Å². The molecule has 2 heterocycles. The van der Waals surface area contributed by atoms with E-state index in [1.807, 2.05) is 0 Å². The van der Waals surface area contributed by atoms with E-state index in [9.17, 15) is 0 Å². The molecule has 2 N–H and O–H groups in total. The van der Waals surface area contributed by atoms with Gasteiger partial charge in [-0.05, 0) is 54.6 Å². The molecule has 0 aromatic carbocycles. The van der Waals surface area contributed by atoms with E-state index in [1.165, 1.54) is 89.9 Å². The SMILES string of the molecule is CCCCCCC1CCC2NC(N(C)c3nn[nH]n3)CC(C3CCCCC3)C2C1. The normalized spacial score (nSPS) is 33.4. The van der Waals surface area contributed by atoms with E-state index in [2.05, 4.69) is 44.8 Å². The summed E-state index contributed by atoms with van der Waals surface area (Å²) in [5.74, 6) is 4.34. The summed E-state index contributed by atoms with van der Waals surface area (Å²) in [5, 5.41) is 18.9. The van der Waals surface area contributed by atoms with E-state index in [4.69, 9.17) is 0 Å².